The summed E-state index contributed by atoms with van der Waals surface area (Å²) < 4.78 is 62.4. The molecule has 1 N–H and O–H groups in total. The van der Waals surface area contributed by atoms with Crippen LogP contribution in [-0.4, -0.2) is 67.3 Å². The van der Waals surface area contributed by atoms with E-state index < -0.39 is 29.3 Å². The van der Waals surface area contributed by atoms with Crippen LogP contribution in [0.3, 0.4) is 0 Å². The highest BCUT2D eigenvalue weighted by Crippen LogP contribution is 2.50. The standard InChI is InChI=1S/C31H38F3NO5/c1-20-14-24-23-9-5-4-8-21(23)15-25(24)30(35(20)19-31(2,3)34)29-26(32)16-22(17-27(29)33)40-13-7-11-38-10-6-12-39-18-28(36)37/h4-5,8-9,16-17,20,30H,6-7,10-15,18-19H2,1-3H3,(H,36,37)/t20-,30+/m1/s1. The Morgan fingerprint density at radius 1 is 1.05 bits per heavy atom. The molecule has 1 aliphatic carbocycles. The van der Waals surface area contributed by atoms with Gasteiger partial charge in [0.15, 0.2) is 0 Å². The summed E-state index contributed by atoms with van der Waals surface area (Å²) >= 11 is 0. The molecule has 0 bridgehead atoms. The van der Waals surface area contributed by atoms with E-state index in [0.717, 1.165) is 22.3 Å². The highest BCUT2D eigenvalue weighted by atomic mass is 19.1. The number of hydrogen-bond acceptors (Lipinski definition) is 5. The van der Waals surface area contributed by atoms with Gasteiger partial charge in [-0.3, -0.25) is 4.90 Å². The monoisotopic (exact) mass is 561 g/mol. The Bertz CT molecular complexity index is 1200. The molecule has 0 spiro atoms. The zero-order valence-electron chi connectivity index (χ0n) is 23.4. The summed E-state index contributed by atoms with van der Waals surface area (Å²) in [5.41, 5.74) is 2.66. The highest BCUT2D eigenvalue weighted by molar-refractivity contribution is 5.79. The van der Waals surface area contributed by atoms with Crippen LogP contribution in [0.1, 0.15) is 62.8 Å². The van der Waals surface area contributed by atoms with Crippen molar-refractivity contribution in [2.24, 2.45) is 0 Å². The average Bonchev–Trinajstić information content (AvgIpc) is 3.23. The molecule has 2 aromatic carbocycles. The Morgan fingerprint density at radius 2 is 1.70 bits per heavy atom. The van der Waals surface area contributed by atoms with Crippen molar-refractivity contribution in [1.29, 1.82) is 0 Å². The fourth-order valence-electron chi connectivity index (χ4n) is 5.63. The third-order valence-electron chi connectivity index (χ3n) is 7.23. The Hall–Kier alpha value is -2.88. The fraction of sp³-hybridized carbons (Fsp3) is 0.516. The van der Waals surface area contributed by atoms with E-state index in [1.807, 2.05) is 30.0 Å². The number of alkyl halides is 1. The lowest BCUT2D eigenvalue weighted by Gasteiger charge is -2.44. The highest BCUT2D eigenvalue weighted by Gasteiger charge is 2.42. The zero-order valence-corrected chi connectivity index (χ0v) is 23.4. The van der Waals surface area contributed by atoms with Crippen LogP contribution < -0.4 is 4.74 Å². The minimum absolute atomic E-state index is 0.0504. The maximum Gasteiger partial charge on any atom is 0.329 e. The second kappa shape index (κ2) is 13.2. The number of benzene rings is 2. The van der Waals surface area contributed by atoms with Crippen LogP contribution in [0.2, 0.25) is 0 Å². The molecule has 6 nitrogen and oxygen atoms in total. The molecule has 0 saturated carbocycles. The van der Waals surface area contributed by atoms with Crippen LogP contribution in [-0.2, 0) is 20.7 Å². The van der Waals surface area contributed by atoms with Crippen LogP contribution in [0.25, 0.3) is 5.57 Å². The maximum absolute atomic E-state index is 15.7. The van der Waals surface area contributed by atoms with Gasteiger partial charge in [0.2, 0.25) is 0 Å². The van der Waals surface area contributed by atoms with E-state index in [0.29, 0.717) is 38.9 Å². The Morgan fingerprint density at radius 3 is 2.38 bits per heavy atom. The normalized spacial score (nSPS) is 19.1. The number of nitrogens with zero attached hydrogens (tertiary/aromatic N) is 1. The number of aliphatic carboxylic acids is 1. The third-order valence-corrected chi connectivity index (χ3v) is 7.23. The number of carboxylic acid groups (broad SMARTS) is 1. The fourth-order valence-corrected chi connectivity index (χ4v) is 5.63. The van der Waals surface area contributed by atoms with E-state index in [1.54, 1.807) is 0 Å². The van der Waals surface area contributed by atoms with Gasteiger partial charge in [-0.15, -0.1) is 0 Å². The smallest absolute Gasteiger partial charge is 0.329 e. The van der Waals surface area contributed by atoms with Gasteiger partial charge in [-0.05, 0) is 62.3 Å². The van der Waals surface area contributed by atoms with Crippen LogP contribution in [0.15, 0.2) is 42.0 Å². The molecule has 0 radical (unpaired) electrons. The first-order valence-electron chi connectivity index (χ1n) is 13.8. The lowest BCUT2D eigenvalue weighted by Crippen LogP contribution is -2.47. The molecule has 40 heavy (non-hydrogen) atoms. The number of ether oxygens (including phenoxy) is 3. The predicted octanol–water partition coefficient (Wildman–Crippen LogP) is 6.13. The first-order chi connectivity index (χ1) is 19.0. The molecule has 1 aliphatic heterocycles. The van der Waals surface area contributed by atoms with Gasteiger partial charge in [0.05, 0.1) is 12.6 Å². The van der Waals surface area contributed by atoms with Crippen LogP contribution in [0, 0.1) is 11.6 Å². The van der Waals surface area contributed by atoms with Gasteiger partial charge in [-0.1, -0.05) is 24.3 Å². The van der Waals surface area contributed by atoms with Gasteiger partial charge < -0.3 is 19.3 Å². The van der Waals surface area contributed by atoms with E-state index in [-0.39, 0.29) is 43.7 Å². The second-order valence-electron chi connectivity index (χ2n) is 11.1. The largest absolute Gasteiger partial charge is 0.493 e. The Labute approximate surface area is 233 Å². The molecular weight excluding hydrogens is 523 g/mol. The van der Waals surface area contributed by atoms with Gasteiger partial charge >= 0.3 is 5.97 Å². The van der Waals surface area contributed by atoms with E-state index in [4.69, 9.17) is 19.3 Å². The number of rotatable bonds is 14. The summed E-state index contributed by atoms with van der Waals surface area (Å²) in [6.45, 7) is 5.97. The van der Waals surface area contributed by atoms with Crippen LogP contribution in [0.5, 0.6) is 5.75 Å². The quantitative estimate of drug-likeness (QED) is 0.280. The van der Waals surface area contributed by atoms with Crippen molar-refractivity contribution in [2.45, 2.75) is 64.2 Å². The molecule has 1 heterocycles. The molecule has 2 aliphatic rings. The molecule has 0 unspecified atom stereocenters. The molecule has 0 aromatic heterocycles. The molecule has 4 rings (SSSR count). The lowest BCUT2D eigenvalue weighted by molar-refractivity contribution is -0.142. The lowest BCUT2D eigenvalue weighted by atomic mass is 9.84. The first-order valence-corrected chi connectivity index (χ1v) is 13.8. The zero-order chi connectivity index (χ0) is 28.9. The van der Waals surface area contributed by atoms with Crippen molar-refractivity contribution in [3.05, 3.63) is 70.3 Å². The van der Waals surface area contributed by atoms with E-state index >= 15 is 8.78 Å². The number of fused-ring (bicyclic) bond motifs is 2. The van der Waals surface area contributed by atoms with Crippen LogP contribution in [0.4, 0.5) is 13.2 Å². The summed E-state index contributed by atoms with van der Waals surface area (Å²) in [4.78, 5) is 12.3. The summed E-state index contributed by atoms with van der Waals surface area (Å²) in [5, 5.41) is 8.52. The van der Waals surface area contributed by atoms with Crippen molar-refractivity contribution in [3.8, 4) is 5.75 Å². The molecule has 218 valence electrons. The van der Waals surface area contributed by atoms with Gasteiger partial charge in [0.25, 0.3) is 0 Å². The second-order valence-corrected chi connectivity index (χ2v) is 11.1. The summed E-state index contributed by atoms with van der Waals surface area (Å²) in [5.74, 6) is -2.35. The van der Waals surface area contributed by atoms with Crippen molar-refractivity contribution < 1.29 is 37.3 Å². The number of hydrogen-bond donors (Lipinski definition) is 1. The van der Waals surface area contributed by atoms with Crippen molar-refractivity contribution in [2.75, 3.05) is 39.6 Å². The molecule has 0 amide bonds. The molecule has 2 aromatic rings. The summed E-state index contributed by atoms with van der Waals surface area (Å²) in [6, 6.07) is 9.62. The maximum atomic E-state index is 15.7. The van der Waals surface area contributed by atoms with Crippen molar-refractivity contribution in [1.82, 2.24) is 4.90 Å². The molecule has 2 atom stereocenters. The average molecular weight is 562 g/mol. The Kier molecular flexibility index (Phi) is 9.92. The van der Waals surface area contributed by atoms with Crippen LogP contribution >= 0.6 is 0 Å². The number of halogens is 3. The summed E-state index contributed by atoms with van der Waals surface area (Å²) in [6.07, 6.45) is 2.34. The SMILES string of the molecule is C[C@@H]1CC2=C(Cc3ccccc32)[C@@H](c2c(F)cc(OCCCOCCCOCC(=O)O)cc2F)N1CC(C)(C)F. The first kappa shape index (κ1) is 30.1. The number of carboxylic acids is 1. The predicted molar refractivity (Wildman–Crippen MR) is 146 cm³/mol. The number of carbonyl (C=O) groups is 1. The van der Waals surface area contributed by atoms with Gasteiger partial charge in [-0.2, -0.15) is 0 Å². The van der Waals surface area contributed by atoms with Crippen molar-refractivity contribution >= 4 is 11.5 Å². The molecule has 0 saturated heterocycles. The van der Waals surface area contributed by atoms with Crippen molar-refractivity contribution in [3.63, 3.8) is 0 Å². The van der Waals surface area contributed by atoms with E-state index in [9.17, 15) is 9.18 Å². The molecule has 9 heteroatoms. The minimum Gasteiger partial charge on any atom is -0.493 e. The summed E-state index contributed by atoms with van der Waals surface area (Å²) in [7, 11) is 0. The van der Waals surface area contributed by atoms with Gasteiger partial charge in [0, 0.05) is 56.5 Å². The van der Waals surface area contributed by atoms with E-state index in [2.05, 4.69) is 6.07 Å². The minimum atomic E-state index is -1.54. The third kappa shape index (κ3) is 7.44. The Balaban J connectivity index is 1.44. The molecule has 0 fully saturated rings. The van der Waals surface area contributed by atoms with Gasteiger partial charge in [0.1, 0.15) is 29.7 Å². The van der Waals surface area contributed by atoms with Gasteiger partial charge in [-0.25, -0.2) is 18.0 Å². The topological polar surface area (TPSA) is 68.2 Å². The molecular formula is C31H38F3NO5. The van der Waals surface area contributed by atoms with E-state index in [1.165, 1.54) is 26.0 Å².